The van der Waals surface area contributed by atoms with Crippen LogP contribution < -0.4 is 4.90 Å². The van der Waals surface area contributed by atoms with Gasteiger partial charge in [0.15, 0.2) is 17.3 Å². The van der Waals surface area contributed by atoms with E-state index in [0.29, 0.717) is 16.7 Å². The Morgan fingerprint density at radius 3 is 2.15 bits per heavy atom. The van der Waals surface area contributed by atoms with E-state index in [-0.39, 0.29) is 22.9 Å². The lowest BCUT2D eigenvalue weighted by molar-refractivity contribution is 0.0664. The van der Waals surface area contributed by atoms with Gasteiger partial charge in [0.05, 0.1) is 6.04 Å². The monoisotopic (exact) mass is 513 g/mol. The molecule has 1 spiro atoms. The molecule has 2 heterocycles. The molecule has 0 N–H and O–H groups in total. The third-order valence-electron chi connectivity index (χ3n) is 8.53. The van der Waals surface area contributed by atoms with E-state index in [1.807, 2.05) is 48.2 Å². The third-order valence-corrected chi connectivity index (χ3v) is 8.53. The van der Waals surface area contributed by atoms with E-state index in [9.17, 15) is 14.4 Å². The molecular formula is C34H24FNO3. The van der Waals surface area contributed by atoms with Gasteiger partial charge in [0, 0.05) is 28.3 Å². The summed E-state index contributed by atoms with van der Waals surface area (Å²) < 4.78 is 15.8. The largest absolute Gasteiger partial charge is 0.352 e. The van der Waals surface area contributed by atoms with Crippen molar-refractivity contribution in [1.29, 1.82) is 0 Å². The van der Waals surface area contributed by atoms with E-state index < -0.39 is 29.2 Å². The number of aryl methyl sites for hydroxylation is 1. The number of carbonyl (C=O) groups is 3. The highest BCUT2D eigenvalue weighted by Gasteiger charge is 2.71. The number of halogens is 1. The van der Waals surface area contributed by atoms with Crippen LogP contribution in [0.25, 0.3) is 6.08 Å². The van der Waals surface area contributed by atoms with Gasteiger partial charge in [0.1, 0.15) is 17.3 Å². The number of hydrogen-bond acceptors (Lipinski definition) is 4. The summed E-state index contributed by atoms with van der Waals surface area (Å²) in [5.74, 6) is -2.59. The van der Waals surface area contributed by atoms with Crippen LogP contribution in [0.4, 0.5) is 10.1 Å². The molecule has 3 atom stereocenters. The minimum atomic E-state index is -1.71. The minimum Gasteiger partial charge on any atom is -0.352 e. The van der Waals surface area contributed by atoms with Gasteiger partial charge in [0.2, 0.25) is 0 Å². The van der Waals surface area contributed by atoms with Crippen LogP contribution in [-0.2, 0) is 0 Å². The van der Waals surface area contributed by atoms with Crippen molar-refractivity contribution in [2.45, 2.75) is 24.9 Å². The summed E-state index contributed by atoms with van der Waals surface area (Å²) in [7, 11) is 0. The molecule has 0 radical (unpaired) electrons. The first kappa shape index (κ1) is 23.5. The molecule has 1 unspecified atom stereocenters. The average molecular weight is 514 g/mol. The first-order chi connectivity index (χ1) is 18.9. The second kappa shape index (κ2) is 8.43. The van der Waals surface area contributed by atoms with Crippen molar-refractivity contribution in [3.8, 4) is 0 Å². The fourth-order valence-electron chi connectivity index (χ4n) is 6.94. The number of benzene rings is 4. The smallest absolute Gasteiger partial charge is 0.185 e. The van der Waals surface area contributed by atoms with Crippen LogP contribution in [0, 0.1) is 18.2 Å². The van der Waals surface area contributed by atoms with Gasteiger partial charge in [0.25, 0.3) is 0 Å². The summed E-state index contributed by atoms with van der Waals surface area (Å²) in [4.78, 5) is 45.5. The van der Waals surface area contributed by atoms with Crippen LogP contribution in [0.5, 0.6) is 0 Å². The number of nitrogens with zero attached hydrogens (tertiary/aromatic N) is 1. The van der Waals surface area contributed by atoms with Crippen molar-refractivity contribution in [1.82, 2.24) is 0 Å². The van der Waals surface area contributed by atoms with Crippen molar-refractivity contribution in [2.24, 2.45) is 5.41 Å². The zero-order chi connectivity index (χ0) is 26.9. The summed E-state index contributed by atoms with van der Waals surface area (Å²) in [6.07, 6.45) is 3.78. The van der Waals surface area contributed by atoms with Crippen LogP contribution in [0.15, 0.2) is 103 Å². The van der Waals surface area contributed by atoms with Gasteiger partial charge in [-0.25, -0.2) is 4.39 Å². The Balaban J connectivity index is 1.57. The molecule has 0 aromatic heterocycles. The molecule has 5 heteroatoms. The first-order valence-corrected chi connectivity index (χ1v) is 13.0. The highest BCUT2D eigenvalue weighted by Crippen LogP contribution is 2.61. The van der Waals surface area contributed by atoms with E-state index in [1.165, 1.54) is 6.07 Å². The highest BCUT2D eigenvalue weighted by atomic mass is 19.1. The predicted octanol–water partition coefficient (Wildman–Crippen LogP) is 6.45. The van der Waals surface area contributed by atoms with E-state index in [0.717, 1.165) is 16.8 Å². The molecule has 1 fully saturated rings. The van der Waals surface area contributed by atoms with Gasteiger partial charge >= 0.3 is 0 Å². The lowest BCUT2D eigenvalue weighted by Crippen LogP contribution is -2.48. The highest BCUT2D eigenvalue weighted by molar-refractivity contribution is 6.32. The molecule has 39 heavy (non-hydrogen) atoms. The molecule has 1 saturated heterocycles. The lowest BCUT2D eigenvalue weighted by Gasteiger charge is -2.37. The van der Waals surface area contributed by atoms with E-state index >= 15 is 4.39 Å². The molecule has 4 nitrogen and oxygen atoms in total. The number of ketones is 3. The van der Waals surface area contributed by atoms with Crippen LogP contribution in [-0.4, -0.2) is 29.4 Å². The third kappa shape index (κ3) is 3.07. The van der Waals surface area contributed by atoms with Gasteiger partial charge in [-0.15, -0.1) is 0 Å². The Hall–Kier alpha value is -4.64. The van der Waals surface area contributed by atoms with Crippen LogP contribution in [0.1, 0.15) is 53.7 Å². The number of hydrogen-bond donors (Lipinski definition) is 0. The summed E-state index contributed by atoms with van der Waals surface area (Å²) in [5.41, 5.74) is 2.24. The molecule has 4 aromatic carbocycles. The normalized spacial score (nSPS) is 22.1. The summed E-state index contributed by atoms with van der Waals surface area (Å²) in [5, 5.41) is 0. The zero-order valence-electron chi connectivity index (χ0n) is 21.2. The summed E-state index contributed by atoms with van der Waals surface area (Å²) in [6, 6.07) is 25.9. The molecule has 190 valence electrons. The number of Topliss-reactive ketones (excluding diaryl/α,β-unsaturated/α-hetero) is 3. The van der Waals surface area contributed by atoms with Gasteiger partial charge in [-0.05, 0) is 36.2 Å². The zero-order valence-corrected chi connectivity index (χ0v) is 21.2. The Morgan fingerprint density at radius 1 is 0.821 bits per heavy atom. The Bertz CT molecular complexity index is 1690. The molecule has 0 amide bonds. The molecule has 7 rings (SSSR count). The standard InChI is InChI=1S/C34H24FNO3/c1-20-15-17-27-22(19-20)16-18-28-34(32(38)23-11-5-6-12-24(23)33(34)39)29(25-13-7-8-14-26(25)35)30(36(27)28)31(37)21-9-3-2-4-10-21/h2-19,28-30H,1H3/t28?,29-,30+/m0/s1. The molecule has 3 aliphatic rings. The Morgan fingerprint density at radius 2 is 1.46 bits per heavy atom. The molecule has 4 aromatic rings. The molecule has 2 aliphatic heterocycles. The fraction of sp³-hybridized carbons (Fsp3) is 0.147. The molecule has 0 saturated carbocycles. The maximum Gasteiger partial charge on any atom is 0.185 e. The van der Waals surface area contributed by atoms with Crippen molar-refractivity contribution in [3.05, 3.63) is 142 Å². The summed E-state index contributed by atoms with van der Waals surface area (Å²) >= 11 is 0. The SMILES string of the molecule is Cc1ccc2c(c1)C=CC1N2[C@@H](C(=O)c2ccccc2)[C@H](c2ccccc2F)C12C(=O)c1ccccc1C2=O. The quantitative estimate of drug-likeness (QED) is 0.233. The number of carbonyl (C=O) groups excluding carboxylic acids is 3. The fourth-order valence-corrected chi connectivity index (χ4v) is 6.94. The second-order valence-electron chi connectivity index (χ2n) is 10.5. The second-order valence-corrected chi connectivity index (χ2v) is 10.5. The van der Waals surface area contributed by atoms with Crippen molar-refractivity contribution in [3.63, 3.8) is 0 Å². The van der Waals surface area contributed by atoms with Crippen molar-refractivity contribution in [2.75, 3.05) is 4.90 Å². The van der Waals surface area contributed by atoms with E-state index in [2.05, 4.69) is 0 Å². The topological polar surface area (TPSA) is 54.5 Å². The van der Waals surface area contributed by atoms with Gasteiger partial charge in [-0.1, -0.05) is 96.6 Å². The maximum atomic E-state index is 15.8. The Kier molecular flexibility index (Phi) is 5.08. The molecule has 1 aliphatic carbocycles. The lowest BCUT2D eigenvalue weighted by atomic mass is 9.64. The Labute approximate surface area is 225 Å². The molecule has 0 bridgehead atoms. The van der Waals surface area contributed by atoms with Gasteiger partial charge < -0.3 is 4.90 Å². The number of fused-ring (bicyclic) bond motifs is 5. The first-order valence-electron chi connectivity index (χ1n) is 13.0. The minimum absolute atomic E-state index is 0.192. The van der Waals surface area contributed by atoms with Crippen LogP contribution in [0.3, 0.4) is 0 Å². The van der Waals surface area contributed by atoms with Gasteiger partial charge in [-0.2, -0.15) is 0 Å². The molecular weight excluding hydrogens is 489 g/mol. The van der Waals surface area contributed by atoms with Crippen molar-refractivity contribution >= 4 is 29.1 Å². The average Bonchev–Trinajstić information content (AvgIpc) is 3.39. The predicted molar refractivity (Wildman–Crippen MR) is 148 cm³/mol. The van der Waals surface area contributed by atoms with Gasteiger partial charge in [-0.3, -0.25) is 14.4 Å². The van der Waals surface area contributed by atoms with Crippen LogP contribution >= 0.6 is 0 Å². The summed E-state index contributed by atoms with van der Waals surface area (Å²) in [6.45, 7) is 1.99. The van der Waals surface area contributed by atoms with Crippen LogP contribution in [0.2, 0.25) is 0 Å². The maximum absolute atomic E-state index is 15.8. The van der Waals surface area contributed by atoms with Crippen molar-refractivity contribution < 1.29 is 18.8 Å². The van der Waals surface area contributed by atoms with E-state index in [1.54, 1.807) is 66.7 Å². The number of anilines is 1. The van der Waals surface area contributed by atoms with E-state index in [4.69, 9.17) is 0 Å². The number of rotatable bonds is 3.